The monoisotopic (exact) mass is 291 g/mol. The number of nitro benzene ring substituents is 1. The fourth-order valence-corrected chi connectivity index (χ4v) is 1.86. The molecule has 21 heavy (non-hydrogen) atoms. The van der Waals surface area contributed by atoms with Crippen molar-refractivity contribution >= 4 is 11.7 Å². The van der Waals surface area contributed by atoms with Crippen molar-refractivity contribution in [2.75, 3.05) is 6.61 Å². The summed E-state index contributed by atoms with van der Waals surface area (Å²) < 4.78 is 7.22. The smallest absolute Gasteiger partial charge is 0.346 e. The van der Waals surface area contributed by atoms with E-state index >= 15 is 0 Å². The molecular formula is C13H13N3O5. The van der Waals surface area contributed by atoms with Crippen LogP contribution in [0.25, 0.3) is 0 Å². The van der Waals surface area contributed by atoms with Crippen LogP contribution in [0.5, 0.6) is 5.75 Å². The molecule has 0 amide bonds. The largest absolute Gasteiger partial charge is 0.492 e. The van der Waals surface area contributed by atoms with Gasteiger partial charge in [0.25, 0.3) is 5.69 Å². The molecule has 0 fully saturated rings. The average Bonchev–Trinajstić information content (AvgIpc) is 2.96. The minimum atomic E-state index is -1.38. The number of hydrogen-bond donors (Lipinski definition) is 1. The van der Waals surface area contributed by atoms with Crippen LogP contribution in [-0.4, -0.2) is 32.2 Å². The van der Waals surface area contributed by atoms with Crippen LogP contribution in [0.1, 0.15) is 16.8 Å². The number of ether oxygens (including phenoxy) is 1. The van der Waals surface area contributed by atoms with E-state index in [0.717, 1.165) is 6.07 Å². The number of aromatic carboxylic acids is 1. The van der Waals surface area contributed by atoms with Gasteiger partial charge in [0.2, 0.25) is 0 Å². The molecule has 2 rings (SSSR count). The van der Waals surface area contributed by atoms with E-state index in [0.29, 0.717) is 13.0 Å². The third-order valence-electron chi connectivity index (χ3n) is 2.79. The Morgan fingerprint density at radius 2 is 2.29 bits per heavy atom. The summed E-state index contributed by atoms with van der Waals surface area (Å²) in [6.45, 7) is 0.914. The summed E-state index contributed by atoms with van der Waals surface area (Å²) in [5.41, 5.74) is -0.903. The minimum Gasteiger partial charge on any atom is -0.492 e. The molecule has 0 aliphatic carbocycles. The van der Waals surface area contributed by atoms with E-state index in [9.17, 15) is 14.9 Å². The van der Waals surface area contributed by atoms with Gasteiger partial charge in [-0.1, -0.05) is 6.07 Å². The van der Waals surface area contributed by atoms with Gasteiger partial charge in [0.15, 0.2) is 5.56 Å². The minimum absolute atomic E-state index is 0.00216. The number of aryl methyl sites for hydroxylation is 1. The van der Waals surface area contributed by atoms with E-state index in [1.807, 2.05) is 4.57 Å². The van der Waals surface area contributed by atoms with Gasteiger partial charge in [0, 0.05) is 25.0 Å². The van der Waals surface area contributed by atoms with Gasteiger partial charge in [-0.15, -0.1) is 0 Å². The standard InChI is InChI=1S/C13H13N3O5/c17-13(18)12-10(16(19)20)3-1-4-11(12)21-8-2-6-15-7-5-14-9-15/h1,3-5,7,9H,2,6,8H2,(H,17,18). The second-order valence-corrected chi connectivity index (χ2v) is 4.22. The predicted octanol–water partition coefficient (Wildman–Crippen LogP) is 1.96. The molecule has 0 aliphatic heterocycles. The first-order valence-corrected chi connectivity index (χ1v) is 6.19. The predicted molar refractivity (Wildman–Crippen MR) is 72.4 cm³/mol. The lowest BCUT2D eigenvalue weighted by Gasteiger charge is -2.09. The number of benzene rings is 1. The van der Waals surface area contributed by atoms with E-state index < -0.39 is 22.1 Å². The maximum absolute atomic E-state index is 11.2. The van der Waals surface area contributed by atoms with Crippen molar-refractivity contribution in [2.24, 2.45) is 0 Å². The van der Waals surface area contributed by atoms with Crippen LogP contribution in [0.3, 0.4) is 0 Å². The summed E-state index contributed by atoms with van der Waals surface area (Å²) in [6, 6.07) is 3.95. The summed E-state index contributed by atoms with van der Waals surface area (Å²) >= 11 is 0. The quantitative estimate of drug-likeness (QED) is 0.474. The second kappa shape index (κ2) is 6.51. The molecule has 2 aromatic rings. The first-order chi connectivity index (χ1) is 10.1. The highest BCUT2D eigenvalue weighted by molar-refractivity contribution is 5.95. The van der Waals surface area contributed by atoms with Crippen molar-refractivity contribution < 1.29 is 19.6 Å². The number of hydrogen-bond acceptors (Lipinski definition) is 5. The number of imidazole rings is 1. The lowest BCUT2D eigenvalue weighted by Crippen LogP contribution is -2.09. The number of aromatic nitrogens is 2. The lowest BCUT2D eigenvalue weighted by molar-refractivity contribution is -0.385. The van der Waals surface area contributed by atoms with Crippen LogP contribution in [0.4, 0.5) is 5.69 Å². The highest BCUT2D eigenvalue weighted by Crippen LogP contribution is 2.28. The molecule has 8 heteroatoms. The van der Waals surface area contributed by atoms with Crippen LogP contribution < -0.4 is 4.74 Å². The van der Waals surface area contributed by atoms with Crippen molar-refractivity contribution in [3.05, 3.63) is 52.6 Å². The number of rotatable bonds is 7. The number of nitro groups is 1. The molecule has 0 spiro atoms. The molecule has 8 nitrogen and oxygen atoms in total. The number of carboxylic acids is 1. The fourth-order valence-electron chi connectivity index (χ4n) is 1.86. The SMILES string of the molecule is O=C(O)c1c(OCCCn2ccnc2)cccc1[N+](=O)[O-]. The molecule has 0 bridgehead atoms. The highest BCUT2D eigenvalue weighted by Gasteiger charge is 2.24. The van der Waals surface area contributed by atoms with Gasteiger partial charge in [-0.2, -0.15) is 0 Å². The zero-order valence-corrected chi connectivity index (χ0v) is 11.0. The first kappa shape index (κ1) is 14.5. The van der Waals surface area contributed by atoms with Crippen molar-refractivity contribution in [3.63, 3.8) is 0 Å². The van der Waals surface area contributed by atoms with Crippen LogP contribution in [-0.2, 0) is 6.54 Å². The zero-order valence-electron chi connectivity index (χ0n) is 11.0. The molecule has 0 radical (unpaired) electrons. The lowest BCUT2D eigenvalue weighted by atomic mass is 10.1. The molecule has 1 aromatic carbocycles. The van der Waals surface area contributed by atoms with Gasteiger partial charge >= 0.3 is 5.97 Å². The maximum atomic E-state index is 11.2. The van der Waals surface area contributed by atoms with Crippen LogP contribution in [0.15, 0.2) is 36.9 Å². The first-order valence-electron chi connectivity index (χ1n) is 6.19. The van der Waals surface area contributed by atoms with E-state index in [4.69, 9.17) is 9.84 Å². The summed E-state index contributed by atoms with van der Waals surface area (Å²) in [5.74, 6) is -1.38. The summed E-state index contributed by atoms with van der Waals surface area (Å²) in [4.78, 5) is 25.2. The van der Waals surface area contributed by atoms with E-state index in [1.165, 1.54) is 12.1 Å². The van der Waals surface area contributed by atoms with E-state index in [-0.39, 0.29) is 12.4 Å². The van der Waals surface area contributed by atoms with Crippen molar-refractivity contribution in [3.8, 4) is 5.75 Å². The molecule has 110 valence electrons. The Hall–Kier alpha value is -2.90. The molecule has 0 unspecified atom stereocenters. The summed E-state index contributed by atoms with van der Waals surface area (Å²) in [6.07, 6.45) is 5.74. The number of carbonyl (C=O) groups is 1. The number of nitrogens with zero attached hydrogens (tertiary/aromatic N) is 3. The highest BCUT2D eigenvalue weighted by atomic mass is 16.6. The Kier molecular flexibility index (Phi) is 4.50. The van der Waals surface area contributed by atoms with Crippen molar-refractivity contribution in [1.82, 2.24) is 9.55 Å². The van der Waals surface area contributed by atoms with Gasteiger partial charge in [-0.3, -0.25) is 10.1 Å². The van der Waals surface area contributed by atoms with Crippen LogP contribution in [0.2, 0.25) is 0 Å². The van der Waals surface area contributed by atoms with Gasteiger partial charge < -0.3 is 14.4 Å². The van der Waals surface area contributed by atoms with Crippen LogP contribution in [0, 0.1) is 10.1 Å². The molecule has 1 heterocycles. The second-order valence-electron chi connectivity index (χ2n) is 4.22. The molecule has 1 aromatic heterocycles. The average molecular weight is 291 g/mol. The van der Waals surface area contributed by atoms with Gasteiger partial charge in [0.1, 0.15) is 5.75 Å². The van der Waals surface area contributed by atoms with Gasteiger partial charge in [-0.05, 0) is 12.5 Å². The van der Waals surface area contributed by atoms with Crippen LogP contribution >= 0.6 is 0 Å². The Morgan fingerprint density at radius 1 is 1.48 bits per heavy atom. The molecule has 0 saturated heterocycles. The van der Waals surface area contributed by atoms with E-state index in [2.05, 4.69) is 4.98 Å². The molecule has 0 aliphatic rings. The normalized spacial score (nSPS) is 10.3. The van der Waals surface area contributed by atoms with Crippen molar-refractivity contribution in [2.45, 2.75) is 13.0 Å². The third kappa shape index (κ3) is 3.56. The Balaban J connectivity index is 2.04. The summed E-state index contributed by atoms with van der Waals surface area (Å²) in [5, 5.41) is 19.9. The molecule has 1 N–H and O–H groups in total. The van der Waals surface area contributed by atoms with E-state index in [1.54, 1.807) is 18.7 Å². The Bertz CT molecular complexity index is 639. The maximum Gasteiger partial charge on any atom is 0.346 e. The Morgan fingerprint density at radius 3 is 2.90 bits per heavy atom. The third-order valence-corrected chi connectivity index (χ3v) is 2.79. The molecule has 0 atom stereocenters. The molecule has 0 saturated carbocycles. The topological polar surface area (TPSA) is 107 Å². The zero-order chi connectivity index (χ0) is 15.2. The number of carboxylic acid groups (broad SMARTS) is 1. The Labute approximate surface area is 119 Å². The summed E-state index contributed by atoms with van der Waals surface area (Å²) in [7, 11) is 0. The van der Waals surface area contributed by atoms with Gasteiger partial charge in [-0.25, -0.2) is 9.78 Å². The van der Waals surface area contributed by atoms with Crippen molar-refractivity contribution in [1.29, 1.82) is 0 Å². The fraction of sp³-hybridized carbons (Fsp3) is 0.231. The molecular weight excluding hydrogens is 278 g/mol. The van der Waals surface area contributed by atoms with Gasteiger partial charge in [0.05, 0.1) is 17.9 Å².